The SMILES string of the molecule is CC[C@@H](Sc1nc(-c2ccc(C)cc2)nc2c1Cc1c(CO)cnc(C)c1O2)C(=O)Nc1ccc(F)cc1. The van der Waals surface area contributed by atoms with Crippen molar-refractivity contribution in [2.24, 2.45) is 0 Å². The van der Waals surface area contributed by atoms with Gasteiger partial charge in [-0.1, -0.05) is 48.5 Å². The molecular weight excluding hydrogens is 503 g/mol. The lowest BCUT2D eigenvalue weighted by atomic mass is 9.99. The minimum absolute atomic E-state index is 0.170. The van der Waals surface area contributed by atoms with Crippen LogP contribution in [0.5, 0.6) is 11.6 Å². The van der Waals surface area contributed by atoms with Crippen LogP contribution in [0.15, 0.2) is 59.8 Å². The Bertz CT molecular complexity index is 1490. The molecule has 0 unspecified atom stereocenters. The fourth-order valence-corrected chi connectivity index (χ4v) is 5.28. The average molecular weight is 531 g/mol. The van der Waals surface area contributed by atoms with E-state index in [2.05, 4.69) is 10.3 Å². The number of carbonyl (C=O) groups excluding carboxylic acids is 1. The Morgan fingerprint density at radius 1 is 1.11 bits per heavy atom. The number of fused-ring (bicyclic) bond motifs is 2. The van der Waals surface area contributed by atoms with Gasteiger partial charge in [0.2, 0.25) is 11.8 Å². The molecule has 0 fully saturated rings. The zero-order valence-corrected chi connectivity index (χ0v) is 22.1. The normalized spacial score (nSPS) is 12.8. The Hall–Kier alpha value is -3.82. The average Bonchev–Trinajstić information content (AvgIpc) is 2.92. The lowest BCUT2D eigenvalue weighted by Gasteiger charge is -2.25. The molecule has 1 aliphatic heterocycles. The quantitative estimate of drug-likeness (QED) is 0.197. The minimum Gasteiger partial charge on any atom is -0.436 e. The van der Waals surface area contributed by atoms with Gasteiger partial charge in [0, 0.05) is 35.0 Å². The van der Waals surface area contributed by atoms with Crippen LogP contribution in [0.4, 0.5) is 10.1 Å². The van der Waals surface area contributed by atoms with Crippen molar-refractivity contribution in [1.82, 2.24) is 15.0 Å². The highest BCUT2D eigenvalue weighted by atomic mass is 32.2. The number of rotatable bonds is 7. The molecule has 1 amide bonds. The number of aliphatic hydroxyl groups excluding tert-OH is 1. The highest BCUT2D eigenvalue weighted by Gasteiger charge is 2.30. The van der Waals surface area contributed by atoms with Crippen molar-refractivity contribution in [3.8, 4) is 23.0 Å². The van der Waals surface area contributed by atoms with E-state index in [0.29, 0.717) is 52.3 Å². The van der Waals surface area contributed by atoms with Crippen molar-refractivity contribution < 1.29 is 19.0 Å². The summed E-state index contributed by atoms with van der Waals surface area (Å²) in [5, 5.41) is 13.0. The first-order valence-electron chi connectivity index (χ1n) is 12.3. The number of nitrogens with one attached hydrogen (secondary N) is 1. The molecule has 3 heterocycles. The zero-order valence-electron chi connectivity index (χ0n) is 21.3. The van der Waals surface area contributed by atoms with Gasteiger partial charge in [0.1, 0.15) is 10.8 Å². The Labute approximate surface area is 224 Å². The number of amides is 1. The topological polar surface area (TPSA) is 97.2 Å². The Balaban J connectivity index is 1.54. The lowest BCUT2D eigenvalue weighted by molar-refractivity contribution is -0.115. The summed E-state index contributed by atoms with van der Waals surface area (Å²) in [5.41, 5.74) is 5.45. The number of ether oxygens (including phenoxy) is 1. The predicted octanol–water partition coefficient (Wildman–Crippen LogP) is 5.99. The van der Waals surface area contributed by atoms with Crippen LogP contribution in [0, 0.1) is 19.7 Å². The van der Waals surface area contributed by atoms with Crippen LogP contribution in [-0.2, 0) is 17.8 Å². The van der Waals surface area contributed by atoms with Gasteiger partial charge in [-0.3, -0.25) is 9.78 Å². The maximum Gasteiger partial charge on any atom is 0.237 e. The van der Waals surface area contributed by atoms with Crippen LogP contribution in [0.25, 0.3) is 11.4 Å². The summed E-state index contributed by atoms with van der Waals surface area (Å²) >= 11 is 1.34. The summed E-state index contributed by atoms with van der Waals surface area (Å²) in [5.74, 6) is 0.927. The van der Waals surface area contributed by atoms with E-state index in [1.54, 1.807) is 6.20 Å². The number of benzene rings is 2. The molecule has 1 atom stereocenters. The first kappa shape index (κ1) is 25.8. The molecule has 0 saturated heterocycles. The highest BCUT2D eigenvalue weighted by Crippen LogP contribution is 2.43. The molecule has 0 spiro atoms. The monoisotopic (exact) mass is 530 g/mol. The molecule has 2 N–H and O–H groups in total. The number of aryl methyl sites for hydroxylation is 2. The first-order chi connectivity index (χ1) is 18.4. The van der Waals surface area contributed by atoms with Crippen molar-refractivity contribution in [1.29, 1.82) is 0 Å². The minimum atomic E-state index is -0.470. The molecule has 1 aliphatic rings. The third kappa shape index (κ3) is 5.25. The summed E-state index contributed by atoms with van der Waals surface area (Å²) < 4.78 is 19.6. The van der Waals surface area contributed by atoms with Crippen LogP contribution in [0.3, 0.4) is 0 Å². The van der Waals surface area contributed by atoms with E-state index in [1.807, 2.05) is 45.0 Å². The van der Waals surface area contributed by atoms with Gasteiger partial charge < -0.3 is 15.2 Å². The third-order valence-corrected chi connectivity index (χ3v) is 7.79. The second kappa shape index (κ2) is 10.9. The molecule has 4 aromatic rings. The molecule has 194 valence electrons. The number of hydrogen-bond acceptors (Lipinski definition) is 7. The van der Waals surface area contributed by atoms with Crippen LogP contribution < -0.4 is 10.1 Å². The van der Waals surface area contributed by atoms with Crippen molar-refractivity contribution >= 4 is 23.4 Å². The van der Waals surface area contributed by atoms with Crippen molar-refractivity contribution in [3.63, 3.8) is 0 Å². The maximum absolute atomic E-state index is 13.3. The van der Waals surface area contributed by atoms with E-state index in [4.69, 9.17) is 14.7 Å². The summed E-state index contributed by atoms with van der Waals surface area (Å²) in [6.07, 6.45) is 2.64. The van der Waals surface area contributed by atoms with Crippen LogP contribution in [0.2, 0.25) is 0 Å². The summed E-state index contributed by atoms with van der Waals surface area (Å²) in [6, 6.07) is 13.6. The number of carbonyl (C=O) groups is 1. The third-order valence-electron chi connectivity index (χ3n) is 6.40. The Kier molecular flexibility index (Phi) is 7.40. The molecule has 2 aromatic carbocycles. The van der Waals surface area contributed by atoms with E-state index in [-0.39, 0.29) is 18.3 Å². The second-order valence-electron chi connectivity index (χ2n) is 9.13. The second-order valence-corrected chi connectivity index (χ2v) is 10.3. The van der Waals surface area contributed by atoms with E-state index in [9.17, 15) is 14.3 Å². The van der Waals surface area contributed by atoms with Gasteiger partial charge in [0.05, 0.1) is 23.1 Å². The van der Waals surface area contributed by atoms with Gasteiger partial charge in [-0.15, -0.1) is 0 Å². The van der Waals surface area contributed by atoms with Gasteiger partial charge >= 0.3 is 0 Å². The van der Waals surface area contributed by atoms with E-state index >= 15 is 0 Å². The van der Waals surface area contributed by atoms with Gasteiger partial charge in [-0.25, -0.2) is 9.37 Å². The molecule has 2 aromatic heterocycles. The Morgan fingerprint density at radius 2 is 1.84 bits per heavy atom. The number of aromatic nitrogens is 3. The zero-order chi connectivity index (χ0) is 26.8. The number of nitrogens with zero attached hydrogens (tertiary/aromatic N) is 3. The summed E-state index contributed by atoms with van der Waals surface area (Å²) in [7, 11) is 0. The van der Waals surface area contributed by atoms with Crippen molar-refractivity contribution in [2.45, 2.75) is 50.5 Å². The maximum atomic E-state index is 13.3. The fourth-order valence-electron chi connectivity index (χ4n) is 4.24. The summed E-state index contributed by atoms with van der Waals surface area (Å²) in [6.45, 7) is 5.63. The predicted molar refractivity (Wildman–Crippen MR) is 145 cm³/mol. The number of hydrogen-bond donors (Lipinski definition) is 2. The number of anilines is 1. The van der Waals surface area contributed by atoms with E-state index in [1.165, 1.54) is 36.0 Å². The van der Waals surface area contributed by atoms with Crippen LogP contribution in [-0.4, -0.2) is 31.2 Å². The Morgan fingerprint density at radius 3 is 2.53 bits per heavy atom. The molecule has 0 radical (unpaired) electrons. The molecule has 0 saturated carbocycles. The smallest absolute Gasteiger partial charge is 0.237 e. The van der Waals surface area contributed by atoms with E-state index < -0.39 is 5.25 Å². The highest BCUT2D eigenvalue weighted by molar-refractivity contribution is 8.00. The molecule has 7 nitrogen and oxygen atoms in total. The number of pyridine rings is 1. The van der Waals surface area contributed by atoms with Crippen molar-refractivity contribution in [3.05, 3.63) is 88.5 Å². The molecule has 9 heteroatoms. The van der Waals surface area contributed by atoms with Gasteiger partial charge in [0.25, 0.3) is 0 Å². The standard InChI is InChI=1S/C29H27FN4O3S/c1-4-24(27(36)32-21-11-9-20(30)10-12-21)38-29-23-13-22-19(15-35)14-31-17(3)25(22)37-28(23)33-26(34-29)18-7-5-16(2)6-8-18/h5-12,14,24,35H,4,13,15H2,1-3H3,(H,32,36)/t24-/m1/s1. The largest absolute Gasteiger partial charge is 0.436 e. The van der Waals surface area contributed by atoms with E-state index in [0.717, 1.165) is 22.3 Å². The van der Waals surface area contributed by atoms with Crippen molar-refractivity contribution in [2.75, 3.05) is 5.32 Å². The van der Waals surface area contributed by atoms with Crippen LogP contribution in [0.1, 0.15) is 41.3 Å². The van der Waals surface area contributed by atoms with Crippen LogP contribution >= 0.6 is 11.8 Å². The molecule has 0 bridgehead atoms. The summed E-state index contributed by atoms with van der Waals surface area (Å²) in [4.78, 5) is 27.2. The van der Waals surface area contributed by atoms with Gasteiger partial charge in [-0.2, -0.15) is 4.98 Å². The molecule has 5 rings (SSSR count). The number of thioether (sulfide) groups is 1. The lowest BCUT2D eigenvalue weighted by Crippen LogP contribution is -2.25. The number of halogens is 1. The molecular formula is C29H27FN4O3S. The molecule has 0 aliphatic carbocycles. The van der Waals surface area contributed by atoms with Gasteiger partial charge in [0.15, 0.2) is 11.6 Å². The number of aliphatic hydroxyl groups is 1. The van der Waals surface area contributed by atoms with Gasteiger partial charge in [-0.05, 0) is 44.5 Å². The molecule has 38 heavy (non-hydrogen) atoms. The first-order valence-corrected chi connectivity index (χ1v) is 13.2. The fraction of sp³-hybridized carbons (Fsp3) is 0.241.